The molecule has 2 aliphatic heterocycles. The maximum Gasteiger partial charge on any atom is 0.232 e. The molecule has 1 aliphatic carbocycles. The Hall–Kier alpha value is -0.210. The summed E-state index contributed by atoms with van der Waals surface area (Å²) in [6.07, 6.45) is 9.09. The van der Waals surface area contributed by atoms with Crippen LogP contribution in [0, 0.1) is 5.41 Å². The van der Waals surface area contributed by atoms with Gasteiger partial charge in [0.2, 0.25) is 5.91 Å². The van der Waals surface area contributed by atoms with E-state index in [0.717, 1.165) is 51.7 Å². The molecule has 3 nitrogen and oxygen atoms in total. The molecule has 2 heterocycles. The van der Waals surface area contributed by atoms with Gasteiger partial charge in [-0.1, -0.05) is 25.1 Å². The van der Waals surface area contributed by atoms with Crippen LogP contribution in [0.1, 0.15) is 51.4 Å². The van der Waals surface area contributed by atoms with E-state index in [1.54, 1.807) is 0 Å². The van der Waals surface area contributed by atoms with E-state index in [2.05, 4.69) is 9.99 Å². The molecule has 19 heavy (non-hydrogen) atoms. The number of hydrogen-bond acceptors (Lipinski definition) is 2. The van der Waals surface area contributed by atoms with E-state index < -0.39 is 0 Å². The van der Waals surface area contributed by atoms with Crippen LogP contribution in [0.4, 0.5) is 0 Å². The lowest BCUT2D eigenvalue weighted by Crippen LogP contribution is -2.49. The zero-order valence-corrected chi connectivity index (χ0v) is 13.2. The van der Waals surface area contributed by atoms with Crippen LogP contribution in [0.2, 0.25) is 0 Å². The van der Waals surface area contributed by atoms with Crippen LogP contribution in [0.3, 0.4) is 0 Å². The fraction of sp³-hybridized carbons (Fsp3) is 0.857. The lowest BCUT2D eigenvalue weighted by Gasteiger charge is -2.42. The molecule has 3 aliphatic rings. The maximum absolute atomic E-state index is 13.0. The van der Waals surface area contributed by atoms with Gasteiger partial charge in [-0.15, -0.1) is 0 Å². The van der Waals surface area contributed by atoms with Crippen LogP contribution in [0.15, 0.2) is 0 Å². The van der Waals surface area contributed by atoms with Crippen LogP contribution in [0.5, 0.6) is 0 Å². The van der Waals surface area contributed by atoms with Crippen molar-refractivity contribution in [3.8, 4) is 0 Å². The monoisotopic (exact) mass is 298 g/mol. The predicted molar refractivity (Wildman–Crippen MR) is 83.8 cm³/mol. The van der Waals surface area contributed by atoms with E-state index in [1.807, 2.05) is 0 Å². The molecule has 3 fully saturated rings. The van der Waals surface area contributed by atoms with Crippen LogP contribution in [-0.2, 0) is 4.79 Å². The predicted octanol–water partition coefficient (Wildman–Crippen LogP) is 2.84. The van der Waals surface area contributed by atoms with Crippen molar-refractivity contribution in [2.24, 2.45) is 5.41 Å². The topological polar surface area (TPSA) is 32.3 Å². The van der Waals surface area contributed by atoms with Gasteiger partial charge in [0, 0.05) is 19.5 Å². The molecule has 1 spiro atoms. The molecular weight excluding hydrogens is 275 g/mol. The molecule has 1 amide bonds. The quantitative estimate of drug-likeness (QED) is 0.628. The Labute approximate surface area is 122 Å². The van der Waals surface area contributed by atoms with Crippen LogP contribution < -0.4 is 5.32 Å². The minimum absolute atomic E-state index is 0.162. The van der Waals surface area contributed by atoms with Crippen LogP contribution in [-0.4, -0.2) is 34.3 Å². The average molecular weight is 298 g/mol. The van der Waals surface area contributed by atoms with Gasteiger partial charge in [0.05, 0.1) is 10.4 Å². The molecule has 2 atom stereocenters. The number of rotatable bonds is 2. The minimum atomic E-state index is -0.162. The van der Waals surface area contributed by atoms with Crippen molar-refractivity contribution in [1.29, 1.82) is 0 Å². The van der Waals surface area contributed by atoms with Gasteiger partial charge in [0.1, 0.15) is 0 Å². The number of thiocarbonyl (C=S) groups is 1. The summed E-state index contributed by atoms with van der Waals surface area (Å²) >= 11 is 5.35. The van der Waals surface area contributed by atoms with E-state index in [4.69, 9.17) is 12.2 Å². The molecule has 0 bridgehead atoms. The molecular formula is C14H23N2OPS. The normalized spacial score (nSPS) is 33.6. The number of piperidine rings is 1. The third-order valence-electron chi connectivity index (χ3n) is 4.58. The van der Waals surface area contributed by atoms with Crippen molar-refractivity contribution in [2.45, 2.75) is 57.0 Å². The van der Waals surface area contributed by atoms with E-state index in [0.29, 0.717) is 5.91 Å². The molecule has 106 valence electrons. The number of carbonyl (C=O) groups excluding carboxylic acids is 1. The summed E-state index contributed by atoms with van der Waals surface area (Å²) in [6.45, 7) is 1.86. The zero-order valence-electron chi connectivity index (χ0n) is 11.4. The Morgan fingerprint density at radius 2 is 2.11 bits per heavy atom. The Morgan fingerprint density at radius 1 is 1.26 bits per heavy atom. The van der Waals surface area contributed by atoms with Gasteiger partial charge >= 0.3 is 0 Å². The molecule has 0 aromatic heterocycles. The molecule has 2 unspecified atom stereocenters. The molecule has 0 radical (unpaired) electrons. The third kappa shape index (κ3) is 3.11. The largest absolute Gasteiger partial charge is 0.380 e. The highest BCUT2D eigenvalue weighted by Gasteiger charge is 2.44. The lowest BCUT2D eigenvalue weighted by molar-refractivity contribution is -0.138. The summed E-state index contributed by atoms with van der Waals surface area (Å²) in [7, 11) is 0.732. The van der Waals surface area contributed by atoms with E-state index in [1.165, 1.54) is 32.1 Å². The van der Waals surface area contributed by atoms with Crippen molar-refractivity contribution < 1.29 is 4.79 Å². The standard InChI is InChI=1S/C14H23N2OPS/c17-13-14(7-8-15-12(19)10-14)6-2-1-3-9-16(13)18-11-4-5-11/h11,18H,1-10H2,(H,15,19). The first kappa shape index (κ1) is 13.8. The number of nitrogens with one attached hydrogen (secondary N) is 1. The maximum atomic E-state index is 13.0. The first-order valence-corrected chi connectivity index (χ1v) is 8.98. The van der Waals surface area contributed by atoms with Gasteiger partial charge in [0.15, 0.2) is 0 Å². The summed E-state index contributed by atoms with van der Waals surface area (Å²) in [5.41, 5.74) is 0.652. The Balaban J connectivity index is 1.78. The summed E-state index contributed by atoms with van der Waals surface area (Å²) in [5.74, 6) is 0.418. The Kier molecular flexibility index (Phi) is 4.09. The summed E-state index contributed by atoms with van der Waals surface area (Å²) in [5, 5.41) is 3.24. The third-order valence-corrected chi connectivity index (χ3v) is 6.55. The Bertz CT molecular complexity index is 386. The van der Waals surface area contributed by atoms with Gasteiger partial charge in [-0.2, -0.15) is 0 Å². The van der Waals surface area contributed by atoms with Crippen molar-refractivity contribution in [2.75, 3.05) is 13.1 Å². The van der Waals surface area contributed by atoms with E-state index in [9.17, 15) is 4.79 Å². The smallest absolute Gasteiger partial charge is 0.232 e. The molecule has 1 saturated carbocycles. The summed E-state index contributed by atoms with van der Waals surface area (Å²) < 4.78 is 2.20. The van der Waals surface area contributed by atoms with E-state index >= 15 is 0 Å². The Morgan fingerprint density at radius 3 is 2.84 bits per heavy atom. The van der Waals surface area contributed by atoms with Gasteiger partial charge in [-0.3, -0.25) is 4.79 Å². The van der Waals surface area contributed by atoms with Crippen molar-refractivity contribution in [3.63, 3.8) is 0 Å². The fourth-order valence-electron chi connectivity index (χ4n) is 3.26. The van der Waals surface area contributed by atoms with Gasteiger partial charge in [0.25, 0.3) is 0 Å². The van der Waals surface area contributed by atoms with Gasteiger partial charge in [-0.25, -0.2) is 0 Å². The first-order chi connectivity index (χ1) is 9.20. The lowest BCUT2D eigenvalue weighted by atomic mass is 9.73. The molecule has 5 heteroatoms. The van der Waals surface area contributed by atoms with Crippen LogP contribution in [0.25, 0.3) is 0 Å². The van der Waals surface area contributed by atoms with Crippen molar-refractivity contribution in [1.82, 2.24) is 9.99 Å². The number of hydrogen-bond donors (Lipinski definition) is 1. The van der Waals surface area contributed by atoms with Crippen molar-refractivity contribution >= 4 is 31.8 Å². The average Bonchev–Trinajstić information content (AvgIpc) is 3.19. The fourth-order valence-corrected chi connectivity index (χ4v) is 5.14. The van der Waals surface area contributed by atoms with E-state index in [-0.39, 0.29) is 5.41 Å². The van der Waals surface area contributed by atoms with Crippen molar-refractivity contribution in [3.05, 3.63) is 0 Å². The minimum Gasteiger partial charge on any atom is -0.380 e. The molecule has 1 N–H and O–H groups in total. The van der Waals surface area contributed by atoms with Gasteiger partial charge in [-0.05, 0) is 46.5 Å². The second-order valence-electron chi connectivity index (χ2n) is 6.23. The number of amides is 1. The summed E-state index contributed by atoms with van der Waals surface area (Å²) in [4.78, 5) is 13.9. The number of nitrogens with zero attached hydrogens (tertiary/aromatic N) is 1. The number of carbonyl (C=O) groups is 1. The zero-order chi connectivity index (χ0) is 13.3. The highest BCUT2D eigenvalue weighted by Crippen LogP contribution is 2.47. The molecule has 0 aromatic carbocycles. The SMILES string of the molecule is O=C1N(PC2CC2)CCCCCC12CCNC(=S)C2. The van der Waals surface area contributed by atoms with Crippen LogP contribution >= 0.6 is 20.9 Å². The highest BCUT2D eigenvalue weighted by molar-refractivity contribution is 7.80. The molecule has 0 aromatic rings. The summed E-state index contributed by atoms with van der Waals surface area (Å²) in [6, 6.07) is 0. The first-order valence-electron chi connectivity index (χ1n) is 7.54. The second kappa shape index (κ2) is 5.65. The molecule has 3 rings (SSSR count). The highest BCUT2D eigenvalue weighted by atomic mass is 32.1. The molecule has 2 saturated heterocycles. The second-order valence-corrected chi connectivity index (χ2v) is 8.34. The van der Waals surface area contributed by atoms with Gasteiger partial charge < -0.3 is 9.99 Å².